The van der Waals surface area contributed by atoms with Crippen molar-refractivity contribution in [2.24, 2.45) is 0 Å². The van der Waals surface area contributed by atoms with E-state index < -0.39 is 67.6 Å². The van der Waals surface area contributed by atoms with Crippen LogP contribution in [0, 0.1) is 0 Å². The number of nitrogens with zero attached hydrogens (tertiary/aromatic N) is 1. The minimum absolute atomic E-state index is 0.00524. The van der Waals surface area contributed by atoms with Gasteiger partial charge in [0.25, 0.3) is 11.4 Å². The van der Waals surface area contributed by atoms with Crippen LogP contribution in [-0.2, 0) is 23.4 Å². The second kappa shape index (κ2) is 11.8. The van der Waals surface area contributed by atoms with E-state index in [0.29, 0.717) is 10.6 Å². The van der Waals surface area contributed by atoms with Crippen molar-refractivity contribution in [3.05, 3.63) is 81.8 Å². The molecule has 12 nitrogen and oxygen atoms in total. The Balaban J connectivity index is 1.93. The highest BCUT2D eigenvalue weighted by Crippen LogP contribution is 2.52. The molecule has 0 aliphatic carbocycles. The van der Waals surface area contributed by atoms with Crippen molar-refractivity contribution in [1.82, 2.24) is 14.6 Å². The summed E-state index contributed by atoms with van der Waals surface area (Å²) in [6.07, 6.45) is -3.96. The number of carbonyl (C=O) groups excluding carboxylic acids is 1. The summed E-state index contributed by atoms with van der Waals surface area (Å²) in [7, 11) is -4.64. The molecule has 1 aromatic carbocycles. The summed E-state index contributed by atoms with van der Waals surface area (Å²) in [5.74, 6) is -4.25. The lowest BCUT2D eigenvalue weighted by Crippen LogP contribution is -2.48. The maximum atomic E-state index is 16.0. The van der Waals surface area contributed by atoms with Gasteiger partial charge in [-0.3, -0.25) is 23.7 Å². The zero-order valence-corrected chi connectivity index (χ0v) is 22.1. The molecule has 2 heterocycles. The van der Waals surface area contributed by atoms with Gasteiger partial charge in [-0.2, -0.15) is 5.09 Å². The number of aliphatic hydroxyl groups excluding tert-OH is 1. The molecule has 1 unspecified atom stereocenters. The third-order valence-corrected chi connectivity index (χ3v) is 7.02. The van der Waals surface area contributed by atoms with Crippen molar-refractivity contribution in [3.8, 4) is 5.75 Å². The number of ether oxygens (including phenoxy) is 2. The highest BCUT2D eigenvalue weighted by molar-refractivity contribution is 7.52. The van der Waals surface area contributed by atoms with Gasteiger partial charge in [-0.25, -0.2) is 18.1 Å². The average molecular weight is 571 g/mol. The van der Waals surface area contributed by atoms with Crippen LogP contribution in [0.3, 0.4) is 0 Å². The van der Waals surface area contributed by atoms with Crippen LogP contribution in [0.4, 0.5) is 8.78 Å². The van der Waals surface area contributed by atoms with Crippen LogP contribution >= 0.6 is 7.75 Å². The van der Waals surface area contributed by atoms with Crippen LogP contribution in [0.25, 0.3) is 0 Å². The van der Waals surface area contributed by atoms with E-state index in [2.05, 4.69) is 17.4 Å². The normalized spacial score (nSPS) is 26.8. The number of nitrogens with one attached hydrogen (secondary N) is 2. The molecular formula is C24H28F2N3O9P. The number of carbonyl (C=O) groups is 1. The molecule has 1 fully saturated rings. The molecule has 2 aromatic rings. The number of benzene rings is 1. The molecule has 0 amide bonds. The van der Waals surface area contributed by atoms with E-state index in [-0.39, 0.29) is 5.75 Å². The molecule has 212 valence electrons. The van der Waals surface area contributed by atoms with Gasteiger partial charge in [0.15, 0.2) is 12.3 Å². The highest BCUT2D eigenvalue weighted by Gasteiger charge is 2.66. The van der Waals surface area contributed by atoms with Crippen molar-refractivity contribution in [3.63, 3.8) is 0 Å². The lowest BCUT2D eigenvalue weighted by Gasteiger charge is -2.28. The first-order chi connectivity index (χ1) is 18.2. The number of halogens is 2. The van der Waals surface area contributed by atoms with Crippen LogP contribution < -0.4 is 20.9 Å². The first-order valence-electron chi connectivity index (χ1n) is 11.6. The number of aliphatic hydroxyl groups is 1. The van der Waals surface area contributed by atoms with Gasteiger partial charge in [0, 0.05) is 18.3 Å². The summed E-state index contributed by atoms with van der Waals surface area (Å²) in [6.45, 7) is 6.30. The third kappa shape index (κ3) is 6.80. The first kappa shape index (κ1) is 30.2. The molecule has 0 spiro atoms. The lowest BCUT2D eigenvalue weighted by molar-refractivity contribution is -0.204. The van der Waals surface area contributed by atoms with Gasteiger partial charge in [-0.15, -0.1) is 5.73 Å². The first-order valence-corrected chi connectivity index (χ1v) is 13.2. The number of para-hydroxylation sites is 1. The minimum atomic E-state index is -4.64. The summed E-state index contributed by atoms with van der Waals surface area (Å²) >= 11 is 0. The number of alkyl halides is 2. The van der Waals surface area contributed by atoms with Crippen molar-refractivity contribution in [2.45, 2.75) is 56.8 Å². The Morgan fingerprint density at radius 2 is 1.97 bits per heavy atom. The highest BCUT2D eigenvalue weighted by atomic mass is 31.2. The fourth-order valence-electron chi connectivity index (χ4n) is 3.61. The molecular weight excluding hydrogens is 543 g/mol. The van der Waals surface area contributed by atoms with Crippen molar-refractivity contribution < 1.29 is 41.8 Å². The van der Waals surface area contributed by atoms with Gasteiger partial charge >= 0.3 is 19.4 Å². The Morgan fingerprint density at radius 3 is 2.56 bits per heavy atom. The smallest absolute Gasteiger partial charge is 0.459 e. The van der Waals surface area contributed by atoms with Crippen LogP contribution in [0.15, 0.2) is 70.6 Å². The molecule has 1 aliphatic rings. The predicted molar refractivity (Wildman–Crippen MR) is 133 cm³/mol. The summed E-state index contributed by atoms with van der Waals surface area (Å²) in [5, 5.41) is 13.0. The van der Waals surface area contributed by atoms with E-state index in [1.165, 1.54) is 19.1 Å². The predicted octanol–water partition coefficient (Wildman–Crippen LogP) is 2.27. The topological polar surface area (TPSA) is 158 Å². The third-order valence-electron chi connectivity index (χ3n) is 5.40. The standard InChI is InChI=1S/C24H28F2N3O9P/c1-5-12-23(25)20(32)24(26,37-21(23)29-13-11-18(30)27-22(29)33)14-35-39(34,38-17-9-7-6-8-10-17)28-16(4)19(31)36-15(2)3/h6-13,15-16,20-21,32H,1,14H2,2-4H3,(H,28,34)(H,27,30,33)/t16-,20-,21+,23+,24+,39?/m0/s1. The lowest BCUT2D eigenvalue weighted by atomic mass is 9.95. The summed E-state index contributed by atoms with van der Waals surface area (Å²) < 4.78 is 66.9. The second-order valence-corrected chi connectivity index (χ2v) is 10.6. The molecule has 1 saturated heterocycles. The van der Waals surface area contributed by atoms with Crippen LogP contribution in [0.5, 0.6) is 5.75 Å². The van der Waals surface area contributed by atoms with Gasteiger partial charge in [0.2, 0.25) is 5.67 Å². The maximum absolute atomic E-state index is 16.0. The number of H-pyrrole nitrogens is 1. The molecule has 0 saturated carbocycles. The molecule has 0 bridgehead atoms. The molecule has 0 radical (unpaired) electrons. The molecule has 3 N–H and O–H groups in total. The van der Waals surface area contributed by atoms with E-state index in [1.54, 1.807) is 32.0 Å². The number of hydrogen-bond donors (Lipinski definition) is 3. The Labute approximate surface area is 221 Å². The largest absolute Gasteiger partial charge is 0.462 e. The van der Waals surface area contributed by atoms with E-state index >= 15 is 8.78 Å². The zero-order chi connectivity index (χ0) is 29.0. The number of aromatic amines is 1. The molecule has 3 rings (SSSR count). The monoisotopic (exact) mass is 571 g/mol. The van der Waals surface area contributed by atoms with Gasteiger partial charge in [-0.1, -0.05) is 24.8 Å². The van der Waals surface area contributed by atoms with Gasteiger partial charge < -0.3 is 19.1 Å². The molecule has 39 heavy (non-hydrogen) atoms. The molecule has 1 aliphatic heterocycles. The van der Waals surface area contributed by atoms with Gasteiger partial charge in [-0.05, 0) is 32.9 Å². The van der Waals surface area contributed by atoms with E-state index in [1.807, 2.05) is 4.98 Å². The molecule has 15 heteroatoms. The second-order valence-electron chi connectivity index (χ2n) is 8.86. The van der Waals surface area contributed by atoms with E-state index in [4.69, 9.17) is 18.5 Å². The fraction of sp³-hybridized carbons (Fsp3) is 0.417. The van der Waals surface area contributed by atoms with E-state index in [9.17, 15) is 24.1 Å². The van der Waals surface area contributed by atoms with Crippen molar-refractivity contribution in [2.75, 3.05) is 6.61 Å². The Hall–Kier alpha value is -3.38. The van der Waals surface area contributed by atoms with Gasteiger partial charge in [0.05, 0.1) is 6.10 Å². The molecule has 6 atom stereocenters. The van der Waals surface area contributed by atoms with Crippen LogP contribution in [0.1, 0.15) is 27.0 Å². The Bertz CT molecular complexity index is 1390. The SMILES string of the molecule is C=C=C[C@]1(F)[C@H](n2ccc(=O)[nH]c2=O)O[C@](F)(COP(=O)(N[C@@H](C)C(=O)OC(C)C)Oc2ccccc2)[C@H]1O. The van der Waals surface area contributed by atoms with E-state index in [0.717, 1.165) is 12.3 Å². The number of rotatable bonds is 11. The van der Waals surface area contributed by atoms with Crippen molar-refractivity contribution in [1.29, 1.82) is 0 Å². The quantitative estimate of drug-likeness (QED) is 0.208. The Kier molecular flexibility index (Phi) is 9.12. The maximum Gasteiger partial charge on any atom is 0.459 e. The van der Waals surface area contributed by atoms with Crippen molar-refractivity contribution >= 4 is 13.7 Å². The molecule has 1 aromatic heterocycles. The fourth-order valence-corrected chi connectivity index (χ4v) is 5.12. The average Bonchev–Trinajstić information content (AvgIpc) is 3.05. The summed E-state index contributed by atoms with van der Waals surface area (Å²) in [5.41, 5.74) is -3.05. The number of esters is 1. The van der Waals surface area contributed by atoms with Gasteiger partial charge in [0.1, 0.15) is 18.4 Å². The summed E-state index contributed by atoms with van der Waals surface area (Å²) in [6, 6.07) is 7.11. The van der Waals surface area contributed by atoms with Crippen LogP contribution in [0.2, 0.25) is 0 Å². The number of hydrogen-bond acceptors (Lipinski definition) is 9. The number of aromatic nitrogens is 2. The van der Waals surface area contributed by atoms with Crippen LogP contribution in [-0.4, -0.2) is 57.0 Å². The summed E-state index contributed by atoms with van der Waals surface area (Å²) in [4.78, 5) is 37.9. The minimum Gasteiger partial charge on any atom is -0.462 e. The Morgan fingerprint density at radius 1 is 1.31 bits per heavy atom. The zero-order valence-electron chi connectivity index (χ0n) is 21.2.